The van der Waals surface area contributed by atoms with E-state index in [1.165, 1.54) is 19.8 Å². The van der Waals surface area contributed by atoms with Gasteiger partial charge >= 0.3 is 0 Å². The zero-order valence-electron chi connectivity index (χ0n) is 11.4. The van der Waals surface area contributed by atoms with Crippen LogP contribution in [0, 0.1) is 6.92 Å². The lowest BCUT2D eigenvalue weighted by Gasteiger charge is -2.19. The number of rotatable bonds is 5. The van der Waals surface area contributed by atoms with Crippen LogP contribution in [0.2, 0.25) is 0 Å². The van der Waals surface area contributed by atoms with Gasteiger partial charge in [-0.3, -0.25) is 0 Å². The van der Waals surface area contributed by atoms with E-state index in [-0.39, 0.29) is 6.04 Å². The number of hydrogen-bond donors (Lipinski definition) is 1. The molecule has 0 bridgehead atoms. The summed E-state index contributed by atoms with van der Waals surface area (Å²) >= 11 is 5.29. The van der Waals surface area contributed by atoms with E-state index in [0.717, 1.165) is 12.2 Å². The van der Waals surface area contributed by atoms with E-state index in [0.29, 0.717) is 0 Å². The molecule has 1 aromatic carbocycles. The number of aryl methyl sites for hydroxylation is 1. The highest BCUT2D eigenvalue weighted by Gasteiger charge is 2.16. The first-order valence-electron chi connectivity index (χ1n) is 6.20. The standard InChI is InChI=1S/C15H18BrNOS/c1-10-4-6-12(14(8-10)18-3)13(17-2)9-11-5-7-15(16)19-11/h4-8,13,17H,9H2,1-3H3. The Morgan fingerprint density at radius 3 is 2.68 bits per heavy atom. The number of benzene rings is 1. The summed E-state index contributed by atoms with van der Waals surface area (Å²) in [6, 6.07) is 10.9. The van der Waals surface area contributed by atoms with Gasteiger partial charge < -0.3 is 10.1 Å². The molecule has 1 N–H and O–H groups in total. The van der Waals surface area contributed by atoms with Crippen molar-refractivity contribution < 1.29 is 4.74 Å². The summed E-state index contributed by atoms with van der Waals surface area (Å²) in [6.07, 6.45) is 0.964. The quantitative estimate of drug-likeness (QED) is 0.875. The maximum Gasteiger partial charge on any atom is 0.123 e. The molecule has 4 heteroatoms. The van der Waals surface area contributed by atoms with Crippen molar-refractivity contribution in [1.29, 1.82) is 0 Å². The van der Waals surface area contributed by atoms with E-state index in [9.17, 15) is 0 Å². The Kier molecular flexibility index (Phi) is 5.02. The van der Waals surface area contributed by atoms with Crippen molar-refractivity contribution in [2.24, 2.45) is 0 Å². The third-order valence-corrected chi connectivity index (χ3v) is 4.79. The predicted octanol–water partition coefficient (Wildman–Crippen LogP) is 4.33. The van der Waals surface area contributed by atoms with Crippen LogP contribution >= 0.6 is 27.3 Å². The van der Waals surface area contributed by atoms with E-state index >= 15 is 0 Å². The van der Waals surface area contributed by atoms with Crippen LogP contribution in [-0.2, 0) is 6.42 Å². The molecule has 0 saturated carbocycles. The van der Waals surface area contributed by atoms with Gasteiger partial charge in [0.1, 0.15) is 5.75 Å². The monoisotopic (exact) mass is 339 g/mol. The smallest absolute Gasteiger partial charge is 0.123 e. The maximum atomic E-state index is 5.51. The molecular formula is C15H18BrNOS. The second-order valence-electron chi connectivity index (χ2n) is 4.50. The van der Waals surface area contributed by atoms with Crippen LogP contribution < -0.4 is 10.1 Å². The van der Waals surface area contributed by atoms with Crippen LogP contribution in [0.25, 0.3) is 0 Å². The van der Waals surface area contributed by atoms with Gasteiger partial charge in [0.25, 0.3) is 0 Å². The molecular weight excluding hydrogens is 322 g/mol. The molecule has 0 saturated heterocycles. The number of hydrogen-bond acceptors (Lipinski definition) is 3. The second kappa shape index (κ2) is 6.55. The van der Waals surface area contributed by atoms with Gasteiger partial charge in [-0.05, 0) is 53.7 Å². The van der Waals surface area contributed by atoms with Crippen molar-refractivity contribution in [1.82, 2.24) is 5.32 Å². The number of ether oxygens (including phenoxy) is 1. The van der Waals surface area contributed by atoms with Gasteiger partial charge in [-0.15, -0.1) is 11.3 Å². The van der Waals surface area contributed by atoms with Crippen LogP contribution in [0.4, 0.5) is 0 Å². The van der Waals surface area contributed by atoms with Crippen LogP contribution in [0.3, 0.4) is 0 Å². The average molecular weight is 340 g/mol. The minimum absolute atomic E-state index is 0.265. The fourth-order valence-corrected chi connectivity index (χ4v) is 3.66. The number of methoxy groups -OCH3 is 1. The summed E-state index contributed by atoms with van der Waals surface area (Å²) in [5.74, 6) is 0.954. The van der Waals surface area contributed by atoms with E-state index in [1.54, 1.807) is 18.4 Å². The summed E-state index contributed by atoms with van der Waals surface area (Å²) in [5, 5.41) is 3.38. The average Bonchev–Trinajstić information content (AvgIpc) is 2.81. The van der Waals surface area contributed by atoms with E-state index in [2.05, 4.69) is 58.5 Å². The first kappa shape index (κ1) is 14.6. The molecule has 102 valence electrons. The zero-order chi connectivity index (χ0) is 13.8. The van der Waals surface area contributed by atoms with Crippen molar-refractivity contribution in [3.8, 4) is 5.75 Å². The van der Waals surface area contributed by atoms with Crippen molar-refractivity contribution in [3.63, 3.8) is 0 Å². The molecule has 0 spiro atoms. The van der Waals surface area contributed by atoms with E-state index in [4.69, 9.17) is 4.74 Å². The van der Waals surface area contributed by atoms with E-state index in [1.807, 2.05) is 7.05 Å². The van der Waals surface area contributed by atoms with Crippen LogP contribution in [0.5, 0.6) is 5.75 Å². The molecule has 0 aliphatic heterocycles. The van der Waals surface area contributed by atoms with Gasteiger partial charge in [0.15, 0.2) is 0 Å². The molecule has 0 aliphatic carbocycles. The Labute approximate surface area is 126 Å². The second-order valence-corrected chi connectivity index (χ2v) is 7.04. The summed E-state index contributed by atoms with van der Waals surface area (Å²) in [7, 11) is 3.72. The van der Waals surface area contributed by atoms with Crippen LogP contribution in [0.1, 0.15) is 22.0 Å². The first-order valence-corrected chi connectivity index (χ1v) is 7.81. The molecule has 0 fully saturated rings. The molecule has 2 aromatic rings. The Balaban J connectivity index is 2.26. The fraction of sp³-hybridized carbons (Fsp3) is 0.333. The summed E-state index contributed by atoms with van der Waals surface area (Å²) in [4.78, 5) is 1.36. The van der Waals surface area contributed by atoms with Crippen molar-refractivity contribution in [3.05, 3.63) is 50.1 Å². The lowest BCUT2D eigenvalue weighted by Crippen LogP contribution is -2.19. The highest BCUT2D eigenvalue weighted by molar-refractivity contribution is 9.11. The Morgan fingerprint density at radius 1 is 1.32 bits per heavy atom. The number of halogens is 1. The molecule has 0 aliphatic rings. The van der Waals surface area contributed by atoms with Crippen molar-refractivity contribution >= 4 is 27.3 Å². The van der Waals surface area contributed by atoms with Crippen molar-refractivity contribution in [2.75, 3.05) is 14.2 Å². The fourth-order valence-electron chi connectivity index (χ4n) is 2.14. The van der Waals surface area contributed by atoms with Crippen molar-refractivity contribution in [2.45, 2.75) is 19.4 Å². The van der Waals surface area contributed by atoms with E-state index < -0.39 is 0 Å². The minimum atomic E-state index is 0.265. The Bertz CT molecular complexity index is 553. The molecule has 0 amide bonds. The lowest BCUT2D eigenvalue weighted by atomic mass is 10.0. The number of nitrogens with one attached hydrogen (secondary N) is 1. The third kappa shape index (κ3) is 3.59. The molecule has 19 heavy (non-hydrogen) atoms. The summed E-state index contributed by atoms with van der Waals surface area (Å²) in [5.41, 5.74) is 2.43. The molecule has 1 heterocycles. The molecule has 1 atom stereocenters. The van der Waals surface area contributed by atoms with Gasteiger partial charge in [0, 0.05) is 22.9 Å². The lowest BCUT2D eigenvalue weighted by molar-refractivity contribution is 0.401. The maximum absolute atomic E-state index is 5.51. The van der Waals surface area contributed by atoms with Gasteiger partial charge in [-0.2, -0.15) is 0 Å². The van der Waals surface area contributed by atoms with Crippen LogP contribution in [0.15, 0.2) is 34.1 Å². The zero-order valence-corrected chi connectivity index (χ0v) is 13.8. The third-order valence-electron chi connectivity index (χ3n) is 3.15. The minimum Gasteiger partial charge on any atom is -0.496 e. The topological polar surface area (TPSA) is 21.3 Å². The number of likely N-dealkylation sites (N-methyl/N-ethyl adjacent to an activating group) is 1. The highest BCUT2D eigenvalue weighted by atomic mass is 79.9. The molecule has 0 radical (unpaired) electrons. The van der Waals surface area contributed by atoms with Gasteiger partial charge in [-0.1, -0.05) is 12.1 Å². The summed E-state index contributed by atoms with van der Waals surface area (Å²) < 4.78 is 6.68. The van der Waals surface area contributed by atoms with Crippen LogP contribution in [-0.4, -0.2) is 14.2 Å². The predicted molar refractivity (Wildman–Crippen MR) is 85.3 cm³/mol. The number of thiophene rings is 1. The Hall–Kier alpha value is -0.840. The highest BCUT2D eigenvalue weighted by Crippen LogP contribution is 2.31. The summed E-state index contributed by atoms with van der Waals surface area (Å²) in [6.45, 7) is 2.08. The largest absolute Gasteiger partial charge is 0.496 e. The molecule has 2 rings (SSSR count). The molecule has 1 aromatic heterocycles. The van der Waals surface area contributed by atoms with Gasteiger partial charge in [0.05, 0.1) is 10.9 Å². The Morgan fingerprint density at radius 2 is 2.11 bits per heavy atom. The molecule has 1 unspecified atom stereocenters. The first-order chi connectivity index (χ1) is 9.13. The molecule has 2 nitrogen and oxygen atoms in total. The SMILES string of the molecule is CNC(Cc1ccc(Br)s1)c1ccc(C)cc1OC. The normalized spacial score (nSPS) is 12.4. The van der Waals surface area contributed by atoms with Gasteiger partial charge in [-0.25, -0.2) is 0 Å². The van der Waals surface area contributed by atoms with Gasteiger partial charge in [0.2, 0.25) is 0 Å².